The molecule has 1 fully saturated rings. The Morgan fingerprint density at radius 1 is 1.04 bits per heavy atom. The van der Waals surface area contributed by atoms with E-state index in [0.29, 0.717) is 11.4 Å². The molecule has 2 aromatic rings. The molecule has 5 nitrogen and oxygen atoms in total. The Labute approximate surface area is 161 Å². The molecule has 0 radical (unpaired) electrons. The Kier molecular flexibility index (Phi) is 5.17. The van der Waals surface area contributed by atoms with Crippen molar-refractivity contribution >= 4 is 59.2 Å². The quantitative estimate of drug-likeness (QED) is 0.646. The minimum Gasteiger partial charge on any atom is -0.326 e. The van der Waals surface area contributed by atoms with E-state index in [-0.39, 0.29) is 25.7 Å². The van der Waals surface area contributed by atoms with Crippen molar-refractivity contribution < 1.29 is 17.6 Å². The standard InChI is InChI=1S/C16H13Br2FN2O3S/c17-13-7-10(19)8-14(18)15(13)25(23,24)21-12-5-3-11(4-6-12)20-16(22)9-1-2-9/h3-9,21H,1-2H2,(H,20,22). The molecule has 2 aromatic carbocycles. The predicted octanol–water partition coefficient (Wildman–Crippen LogP) is 4.50. The van der Waals surface area contributed by atoms with Gasteiger partial charge in [-0.2, -0.15) is 0 Å². The second kappa shape index (κ2) is 7.05. The van der Waals surface area contributed by atoms with Gasteiger partial charge in [0.1, 0.15) is 10.7 Å². The summed E-state index contributed by atoms with van der Waals surface area (Å²) in [6, 6.07) is 8.49. The van der Waals surface area contributed by atoms with Gasteiger partial charge in [-0.05, 0) is 81.1 Å². The zero-order valence-corrected chi connectivity index (χ0v) is 16.7. The van der Waals surface area contributed by atoms with Crippen LogP contribution in [0.1, 0.15) is 12.8 Å². The van der Waals surface area contributed by atoms with E-state index in [1.165, 1.54) is 0 Å². The van der Waals surface area contributed by atoms with Crippen LogP contribution in [0.5, 0.6) is 0 Å². The molecule has 3 rings (SSSR count). The number of anilines is 2. The van der Waals surface area contributed by atoms with Gasteiger partial charge in [-0.25, -0.2) is 12.8 Å². The SMILES string of the molecule is O=C(Nc1ccc(NS(=O)(=O)c2c(Br)cc(F)cc2Br)cc1)C1CC1. The molecule has 0 heterocycles. The van der Waals surface area contributed by atoms with Crippen LogP contribution in [0.4, 0.5) is 15.8 Å². The van der Waals surface area contributed by atoms with Crippen molar-refractivity contribution in [2.75, 3.05) is 10.0 Å². The van der Waals surface area contributed by atoms with E-state index >= 15 is 0 Å². The third kappa shape index (κ3) is 4.39. The summed E-state index contributed by atoms with van der Waals surface area (Å²) in [5.41, 5.74) is 0.927. The van der Waals surface area contributed by atoms with Gasteiger partial charge in [-0.3, -0.25) is 9.52 Å². The molecule has 1 amide bonds. The highest BCUT2D eigenvalue weighted by Crippen LogP contribution is 2.33. The number of hydrogen-bond acceptors (Lipinski definition) is 3. The first kappa shape index (κ1) is 18.3. The molecular weight excluding hydrogens is 479 g/mol. The van der Waals surface area contributed by atoms with Gasteiger partial charge in [0.15, 0.2) is 0 Å². The maximum absolute atomic E-state index is 13.3. The van der Waals surface area contributed by atoms with Crippen molar-refractivity contribution in [3.05, 3.63) is 51.2 Å². The number of sulfonamides is 1. The van der Waals surface area contributed by atoms with Crippen molar-refractivity contribution in [1.29, 1.82) is 0 Å². The topological polar surface area (TPSA) is 75.3 Å². The molecule has 0 bridgehead atoms. The highest BCUT2D eigenvalue weighted by molar-refractivity contribution is 9.11. The van der Waals surface area contributed by atoms with Crippen LogP contribution in [0.15, 0.2) is 50.2 Å². The fourth-order valence-electron chi connectivity index (χ4n) is 2.20. The van der Waals surface area contributed by atoms with Crippen LogP contribution in [-0.2, 0) is 14.8 Å². The van der Waals surface area contributed by atoms with Crippen LogP contribution in [0.3, 0.4) is 0 Å². The minimum absolute atomic E-state index is 0.0208. The molecule has 2 N–H and O–H groups in total. The van der Waals surface area contributed by atoms with Gasteiger partial charge in [0.25, 0.3) is 10.0 Å². The third-order valence-electron chi connectivity index (χ3n) is 3.58. The molecule has 0 spiro atoms. The molecule has 25 heavy (non-hydrogen) atoms. The Hall–Kier alpha value is -1.45. The number of hydrogen-bond donors (Lipinski definition) is 2. The lowest BCUT2D eigenvalue weighted by Gasteiger charge is -2.12. The summed E-state index contributed by atoms with van der Waals surface area (Å²) in [5.74, 6) is -0.493. The van der Waals surface area contributed by atoms with Crippen LogP contribution in [-0.4, -0.2) is 14.3 Å². The second-order valence-electron chi connectivity index (χ2n) is 5.64. The summed E-state index contributed by atoms with van der Waals surface area (Å²) in [4.78, 5) is 11.6. The summed E-state index contributed by atoms with van der Waals surface area (Å²) in [5, 5.41) is 2.78. The normalized spacial score (nSPS) is 14.2. The van der Waals surface area contributed by atoms with E-state index < -0.39 is 15.8 Å². The molecule has 0 saturated heterocycles. The van der Waals surface area contributed by atoms with Crippen molar-refractivity contribution in [2.24, 2.45) is 5.92 Å². The van der Waals surface area contributed by atoms with Crippen molar-refractivity contribution in [2.45, 2.75) is 17.7 Å². The molecule has 1 aliphatic carbocycles. The maximum atomic E-state index is 13.3. The fraction of sp³-hybridized carbons (Fsp3) is 0.188. The zero-order chi connectivity index (χ0) is 18.2. The predicted molar refractivity (Wildman–Crippen MR) is 100 cm³/mol. The second-order valence-corrected chi connectivity index (χ2v) is 8.97. The monoisotopic (exact) mass is 490 g/mol. The average Bonchev–Trinajstić information content (AvgIpc) is 3.32. The maximum Gasteiger partial charge on any atom is 0.264 e. The van der Waals surface area contributed by atoms with Crippen LogP contribution in [0.25, 0.3) is 0 Å². The van der Waals surface area contributed by atoms with Crippen LogP contribution in [0.2, 0.25) is 0 Å². The molecular formula is C16H13Br2FN2O3S. The van der Waals surface area contributed by atoms with Gasteiger partial charge in [0.05, 0.1) is 0 Å². The molecule has 0 atom stereocenters. The van der Waals surface area contributed by atoms with E-state index in [4.69, 9.17) is 0 Å². The van der Waals surface area contributed by atoms with E-state index in [2.05, 4.69) is 41.9 Å². The molecule has 1 aliphatic rings. The third-order valence-corrected chi connectivity index (χ3v) is 6.84. The van der Waals surface area contributed by atoms with Gasteiger partial charge in [-0.1, -0.05) is 0 Å². The summed E-state index contributed by atoms with van der Waals surface area (Å²) in [7, 11) is -3.93. The first-order valence-electron chi connectivity index (χ1n) is 7.34. The van der Waals surface area contributed by atoms with Crippen molar-refractivity contribution in [3.8, 4) is 0 Å². The lowest BCUT2D eigenvalue weighted by Crippen LogP contribution is -2.15. The number of carbonyl (C=O) groups is 1. The number of amides is 1. The van der Waals surface area contributed by atoms with Gasteiger partial charge in [0, 0.05) is 26.2 Å². The van der Waals surface area contributed by atoms with E-state index in [1.807, 2.05) is 0 Å². The molecule has 132 valence electrons. The Morgan fingerprint density at radius 2 is 1.56 bits per heavy atom. The van der Waals surface area contributed by atoms with Crippen LogP contribution < -0.4 is 10.0 Å². The van der Waals surface area contributed by atoms with Gasteiger partial charge >= 0.3 is 0 Å². The summed E-state index contributed by atoms with van der Waals surface area (Å²) in [6.07, 6.45) is 1.82. The van der Waals surface area contributed by atoms with Gasteiger partial charge in [0.2, 0.25) is 5.91 Å². The largest absolute Gasteiger partial charge is 0.326 e. The number of carbonyl (C=O) groups excluding carboxylic acids is 1. The van der Waals surface area contributed by atoms with Crippen LogP contribution in [0, 0.1) is 11.7 Å². The van der Waals surface area contributed by atoms with E-state index in [9.17, 15) is 17.6 Å². The molecule has 9 heteroatoms. The Morgan fingerprint density at radius 3 is 2.08 bits per heavy atom. The smallest absolute Gasteiger partial charge is 0.264 e. The zero-order valence-electron chi connectivity index (χ0n) is 12.7. The number of nitrogens with one attached hydrogen (secondary N) is 2. The fourth-order valence-corrected chi connectivity index (χ4v) is 5.79. The highest BCUT2D eigenvalue weighted by Gasteiger charge is 2.29. The summed E-state index contributed by atoms with van der Waals surface area (Å²) in [6.45, 7) is 0. The number of rotatable bonds is 5. The number of benzene rings is 2. The molecule has 0 aromatic heterocycles. The van der Waals surface area contributed by atoms with E-state index in [0.717, 1.165) is 25.0 Å². The number of halogens is 3. The van der Waals surface area contributed by atoms with E-state index in [1.54, 1.807) is 24.3 Å². The summed E-state index contributed by atoms with van der Waals surface area (Å²) < 4.78 is 41.1. The average molecular weight is 492 g/mol. The van der Waals surface area contributed by atoms with Gasteiger partial charge in [-0.15, -0.1) is 0 Å². The molecule has 0 unspecified atom stereocenters. The molecule has 0 aliphatic heterocycles. The Bertz CT molecular complexity index is 906. The lowest BCUT2D eigenvalue weighted by molar-refractivity contribution is -0.117. The van der Waals surface area contributed by atoms with Gasteiger partial charge < -0.3 is 5.32 Å². The molecule has 1 saturated carbocycles. The first-order chi connectivity index (χ1) is 11.8. The first-order valence-corrected chi connectivity index (χ1v) is 10.4. The summed E-state index contributed by atoms with van der Waals surface area (Å²) >= 11 is 6.14. The van der Waals surface area contributed by atoms with Crippen molar-refractivity contribution in [1.82, 2.24) is 0 Å². The van der Waals surface area contributed by atoms with Crippen molar-refractivity contribution in [3.63, 3.8) is 0 Å². The van der Waals surface area contributed by atoms with Crippen LogP contribution >= 0.6 is 31.9 Å². The Balaban J connectivity index is 1.78. The minimum atomic E-state index is -3.93. The lowest BCUT2D eigenvalue weighted by atomic mass is 10.2. The highest BCUT2D eigenvalue weighted by atomic mass is 79.9.